The smallest absolute Gasteiger partial charge is 0.306 e. The Morgan fingerprint density at radius 3 is 2.54 bits per heavy atom. The fourth-order valence-electron chi connectivity index (χ4n) is 2.30. The lowest BCUT2D eigenvalue weighted by atomic mass is 10.2. The van der Waals surface area contributed by atoms with Gasteiger partial charge in [0.1, 0.15) is 0 Å². The molecule has 2 N–H and O–H groups in total. The molecule has 0 unspecified atom stereocenters. The second-order valence-corrected chi connectivity index (χ2v) is 8.07. The summed E-state index contributed by atoms with van der Waals surface area (Å²) < 4.78 is 39.1. The molecule has 0 bridgehead atoms. The summed E-state index contributed by atoms with van der Waals surface area (Å²) in [5.74, 6) is -1.44. The number of carbonyl (C=O) groups excluding carboxylic acids is 1. The van der Waals surface area contributed by atoms with Gasteiger partial charge in [0.25, 0.3) is 0 Å². The van der Waals surface area contributed by atoms with Crippen molar-refractivity contribution in [2.24, 2.45) is 0 Å². The lowest BCUT2D eigenvalue weighted by Gasteiger charge is -2.15. The molecule has 9 nitrogen and oxygen atoms in total. The summed E-state index contributed by atoms with van der Waals surface area (Å²) in [6, 6.07) is 9.48. The Hall–Kier alpha value is -3.05. The minimum atomic E-state index is -3.66. The summed E-state index contributed by atoms with van der Waals surface area (Å²) in [5.41, 5.74) is -0.0750. The third-order valence-electron chi connectivity index (χ3n) is 3.80. The van der Waals surface area contributed by atoms with E-state index in [4.69, 9.17) is 0 Å². The van der Waals surface area contributed by atoms with Gasteiger partial charge in [-0.1, -0.05) is 18.2 Å². The molecule has 28 heavy (non-hydrogen) atoms. The molecule has 0 saturated heterocycles. The Morgan fingerprint density at radius 1 is 1.21 bits per heavy atom. The fourth-order valence-corrected chi connectivity index (χ4v) is 3.41. The molecular formula is C17H19FN4O5S. The number of hydrogen-bond acceptors (Lipinski definition) is 6. The first-order chi connectivity index (χ1) is 13.1. The highest BCUT2D eigenvalue weighted by Crippen LogP contribution is 2.21. The van der Waals surface area contributed by atoms with Gasteiger partial charge in [0.15, 0.2) is 0 Å². The van der Waals surface area contributed by atoms with Crippen molar-refractivity contribution in [3.8, 4) is 0 Å². The van der Waals surface area contributed by atoms with E-state index < -0.39 is 32.4 Å². The summed E-state index contributed by atoms with van der Waals surface area (Å²) in [7, 11) is -0.834. The van der Waals surface area contributed by atoms with Gasteiger partial charge in [-0.3, -0.25) is 14.9 Å². The van der Waals surface area contributed by atoms with Crippen molar-refractivity contribution < 1.29 is 22.5 Å². The Morgan fingerprint density at radius 2 is 1.89 bits per heavy atom. The van der Waals surface area contributed by atoms with Crippen molar-refractivity contribution in [3.05, 3.63) is 64.0 Å². The molecule has 11 heteroatoms. The second kappa shape index (κ2) is 8.76. The quantitative estimate of drug-likeness (QED) is 0.505. The molecular weight excluding hydrogens is 391 g/mol. The van der Waals surface area contributed by atoms with Gasteiger partial charge in [0.05, 0.1) is 16.4 Å². The number of nitrogens with zero attached hydrogens (tertiary/aromatic N) is 2. The Bertz CT molecular complexity index is 995. The van der Waals surface area contributed by atoms with Crippen LogP contribution in [0.25, 0.3) is 0 Å². The SMILES string of the molecule is CN(C)S(=O)(=O)c1ccccc1CNC(=O)CNc1ccc(F)c([N+](=O)[O-])c1. The van der Waals surface area contributed by atoms with Crippen LogP contribution in [0.15, 0.2) is 47.4 Å². The van der Waals surface area contributed by atoms with Crippen LogP contribution >= 0.6 is 0 Å². The van der Waals surface area contributed by atoms with E-state index in [1.165, 1.54) is 26.2 Å². The number of nitro groups is 1. The maximum Gasteiger partial charge on any atom is 0.306 e. The first kappa shape index (κ1) is 21.3. The molecule has 0 aromatic heterocycles. The van der Waals surface area contributed by atoms with Crippen molar-refractivity contribution in [1.82, 2.24) is 9.62 Å². The monoisotopic (exact) mass is 410 g/mol. The van der Waals surface area contributed by atoms with Gasteiger partial charge in [0, 0.05) is 32.4 Å². The van der Waals surface area contributed by atoms with Gasteiger partial charge in [0.2, 0.25) is 21.7 Å². The molecule has 150 valence electrons. The first-order valence-electron chi connectivity index (χ1n) is 8.08. The molecule has 0 fully saturated rings. The van der Waals surface area contributed by atoms with Crippen LogP contribution in [0.1, 0.15) is 5.56 Å². The normalized spacial score (nSPS) is 11.3. The predicted molar refractivity (Wildman–Crippen MR) is 101 cm³/mol. The van der Waals surface area contributed by atoms with Crippen LogP contribution in [0.3, 0.4) is 0 Å². The van der Waals surface area contributed by atoms with E-state index >= 15 is 0 Å². The second-order valence-electron chi connectivity index (χ2n) is 5.95. The third kappa shape index (κ3) is 5.02. The van der Waals surface area contributed by atoms with Crippen LogP contribution in [-0.4, -0.2) is 44.2 Å². The maximum atomic E-state index is 13.3. The van der Waals surface area contributed by atoms with Gasteiger partial charge in [-0.05, 0) is 23.8 Å². The molecule has 0 radical (unpaired) electrons. The zero-order chi connectivity index (χ0) is 20.9. The Labute approximate surface area is 161 Å². The zero-order valence-corrected chi connectivity index (χ0v) is 16.0. The third-order valence-corrected chi connectivity index (χ3v) is 5.72. The van der Waals surface area contributed by atoms with Crippen molar-refractivity contribution in [2.75, 3.05) is 26.0 Å². The van der Waals surface area contributed by atoms with Gasteiger partial charge >= 0.3 is 5.69 Å². The van der Waals surface area contributed by atoms with E-state index in [2.05, 4.69) is 10.6 Å². The van der Waals surface area contributed by atoms with Crippen molar-refractivity contribution >= 4 is 27.3 Å². The molecule has 1 amide bonds. The minimum Gasteiger partial charge on any atom is -0.376 e. The highest BCUT2D eigenvalue weighted by atomic mass is 32.2. The number of sulfonamides is 1. The summed E-state index contributed by atoms with van der Waals surface area (Å²) in [6.45, 7) is -0.251. The van der Waals surface area contributed by atoms with Crippen LogP contribution in [-0.2, 0) is 21.4 Å². The van der Waals surface area contributed by atoms with Crippen LogP contribution in [0.5, 0.6) is 0 Å². The average Bonchev–Trinajstić information content (AvgIpc) is 2.65. The number of amides is 1. The van der Waals surface area contributed by atoms with Crippen LogP contribution in [0.4, 0.5) is 15.8 Å². The number of hydrogen-bond donors (Lipinski definition) is 2. The lowest BCUT2D eigenvalue weighted by Crippen LogP contribution is -2.30. The number of benzene rings is 2. The van der Waals surface area contributed by atoms with Crippen LogP contribution < -0.4 is 10.6 Å². The number of carbonyl (C=O) groups is 1. The topological polar surface area (TPSA) is 122 Å². The largest absolute Gasteiger partial charge is 0.376 e. The van der Waals surface area contributed by atoms with Crippen molar-refractivity contribution in [3.63, 3.8) is 0 Å². The Balaban J connectivity index is 2.01. The molecule has 0 aliphatic heterocycles. The minimum absolute atomic E-state index is 0.0205. The summed E-state index contributed by atoms with van der Waals surface area (Å²) in [6.07, 6.45) is 0. The van der Waals surface area contributed by atoms with E-state index in [1.54, 1.807) is 18.2 Å². The van der Waals surface area contributed by atoms with E-state index in [0.29, 0.717) is 5.56 Å². The molecule has 2 aromatic carbocycles. The van der Waals surface area contributed by atoms with Crippen molar-refractivity contribution in [2.45, 2.75) is 11.4 Å². The van der Waals surface area contributed by atoms with Gasteiger partial charge in [-0.25, -0.2) is 12.7 Å². The van der Waals surface area contributed by atoms with Crippen molar-refractivity contribution in [1.29, 1.82) is 0 Å². The number of rotatable bonds is 8. The Kier molecular flexibility index (Phi) is 6.65. The van der Waals surface area contributed by atoms with Crippen LogP contribution in [0, 0.1) is 15.9 Å². The summed E-state index contributed by atoms with van der Waals surface area (Å²) >= 11 is 0. The zero-order valence-electron chi connectivity index (χ0n) is 15.2. The van der Waals surface area contributed by atoms with Crippen LogP contribution in [0.2, 0.25) is 0 Å². The molecule has 0 aliphatic carbocycles. The standard InChI is InChI=1S/C17H19FN4O5S/c1-21(2)28(26,27)16-6-4-3-5-12(16)10-20-17(23)11-19-13-7-8-14(18)15(9-13)22(24)25/h3-9,19H,10-11H2,1-2H3,(H,20,23). The lowest BCUT2D eigenvalue weighted by molar-refractivity contribution is -0.387. The maximum absolute atomic E-state index is 13.3. The molecule has 0 spiro atoms. The number of anilines is 1. The summed E-state index contributed by atoms with van der Waals surface area (Å²) in [5, 5.41) is 16.0. The first-order valence-corrected chi connectivity index (χ1v) is 9.52. The molecule has 0 heterocycles. The molecule has 0 atom stereocenters. The highest BCUT2D eigenvalue weighted by molar-refractivity contribution is 7.89. The predicted octanol–water partition coefficient (Wildman–Crippen LogP) is 1.71. The van der Waals surface area contributed by atoms with E-state index in [-0.39, 0.29) is 23.7 Å². The fraction of sp³-hybridized carbons (Fsp3) is 0.235. The van der Waals surface area contributed by atoms with E-state index in [9.17, 15) is 27.7 Å². The van der Waals surface area contributed by atoms with E-state index in [1.807, 2.05) is 0 Å². The molecule has 2 rings (SSSR count). The molecule has 2 aromatic rings. The molecule has 0 aliphatic rings. The molecule has 0 saturated carbocycles. The van der Waals surface area contributed by atoms with Gasteiger partial charge in [-0.2, -0.15) is 4.39 Å². The number of nitrogens with one attached hydrogen (secondary N) is 2. The van der Waals surface area contributed by atoms with Gasteiger partial charge in [-0.15, -0.1) is 0 Å². The van der Waals surface area contributed by atoms with Gasteiger partial charge < -0.3 is 10.6 Å². The number of halogens is 1. The summed E-state index contributed by atoms with van der Waals surface area (Å²) in [4.78, 5) is 22.0. The highest BCUT2D eigenvalue weighted by Gasteiger charge is 2.21. The van der Waals surface area contributed by atoms with E-state index in [0.717, 1.165) is 16.4 Å². The average molecular weight is 410 g/mol. The number of nitro benzene ring substituents is 1.